The zero-order chi connectivity index (χ0) is 15.9. The summed E-state index contributed by atoms with van der Waals surface area (Å²) >= 11 is 0. The van der Waals surface area contributed by atoms with Crippen LogP contribution in [0.5, 0.6) is 5.75 Å². The van der Waals surface area contributed by atoms with Crippen molar-refractivity contribution in [3.05, 3.63) is 53.9 Å². The van der Waals surface area contributed by atoms with Crippen LogP contribution in [0.25, 0.3) is 0 Å². The van der Waals surface area contributed by atoms with Crippen LogP contribution in [0.4, 0.5) is 5.69 Å². The van der Waals surface area contributed by atoms with Crippen LogP contribution in [0, 0.1) is 0 Å². The smallest absolute Gasteiger partial charge is 0.271 e. The first-order valence-electron chi connectivity index (χ1n) is 6.89. The molecule has 1 heterocycles. The lowest BCUT2D eigenvalue weighted by molar-refractivity contribution is 0.0955. The third-order valence-corrected chi connectivity index (χ3v) is 3.24. The minimum atomic E-state index is -0.333. The van der Waals surface area contributed by atoms with Crippen molar-refractivity contribution in [3.8, 4) is 5.75 Å². The number of rotatable bonds is 5. The summed E-state index contributed by atoms with van der Waals surface area (Å²) in [5.41, 5.74) is 4.32. The monoisotopic (exact) mass is 298 g/mol. The third-order valence-electron chi connectivity index (χ3n) is 3.24. The van der Waals surface area contributed by atoms with Crippen molar-refractivity contribution in [1.82, 2.24) is 10.4 Å². The summed E-state index contributed by atoms with van der Waals surface area (Å²) in [6.45, 7) is 2.87. The van der Waals surface area contributed by atoms with Crippen LogP contribution in [0.2, 0.25) is 0 Å². The van der Waals surface area contributed by atoms with Crippen LogP contribution >= 0.6 is 0 Å². The van der Waals surface area contributed by atoms with Crippen LogP contribution in [0.15, 0.2) is 47.8 Å². The van der Waals surface area contributed by atoms with Gasteiger partial charge in [0.1, 0.15) is 5.75 Å². The van der Waals surface area contributed by atoms with Crippen molar-refractivity contribution in [3.63, 3.8) is 0 Å². The van der Waals surface area contributed by atoms with Gasteiger partial charge in [0.25, 0.3) is 5.91 Å². The number of carbonyl (C=O) groups excluding carboxylic acids is 1. The molecule has 0 atom stereocenters. The molecule has 0 saturated heterocycles. The van der Waals surface area contributed by atoms with Gasteiger partial charge in [0.05, 0.1) is 6.21 Å². The first kappa shape index (κ1) is 15.5. The lowest BCUT2D eigenvalue weighted by atomic mass is 10.2. The van der Waals surface area contributed by atoms with Gasteiger partial charge < -0.3 is 10.0 Å². The zero-order valence-electron chi connectivity index (χ0n) is 12.5. The maximum absolute atomic E-state index is 11.8. The fourth-order valence-electron chi connectivity index (χ4n) is 1.79. The normalized spacial score (nSPS) is 10.6. The average molecular weight is 298 g/mol. The second-order valence-corrected chi connectivity index (χ2v) is 4.69. The Hall–Kier alpha value is -2.89. The van der Waals surface area contributed by atoms with Gasteiger partial charge in [0.15, 0.2) is 0 Å². The molecular weight excluding hydrogens is 280 g/mol. The van der Waals surface area contributed by atoms with E-state index in [-0.39, 0.29) is 11.7 Å². The minimum Gasteiger partial charge on any atom is -0.507 e. The van der Waals surface area contributed by atoms with Gasteiger partial charge in [-0.05, 0) is 31.2 Å². The van der Waals surface area contributed by atoms with Crippen molar-refractivity contribution >= 4 is 17.8 Å². The van der Waals surface area contributed by atoms with Crippen molar-refractivity contribution in [1.29, 1.82) is 0 Å². The Bertz CT molecular complexity index is 671. The number of benzene rings is 1. The molecule has 22 heavy (non-hydrogen) atoms. The zero-order valence-corrected chi connectivity index (χ0v) is 12.5. The fourth-order valence-corrected chi connectivity index (χ4v) is 1.79. The van der Waals surface area contributed by atoms with E-state index in [0.717, 1.165) is 12.2 Å². The topological polar surface area (TPSA) is 77.8 Å². The molecule has 6 nitrogen and oxygen atoms in total. The van der Waals surface area contributed by atoms with Gasteiger partial charge in [0.2, 0.25) is 0 Å². The quantitative estimate of drug-likeness (QED) is 0.654. The maximum atomic E-state index is 11.8. The maximum Gasteiger partial charge on any atom is 0.271 e. The van der Waals surface area contributed by atoms with Crippen LogP contribution in [0.1, 0.15) is 22.8 Å². The van der Waals surface area contributed by atoms with E-state index in [9.17, 15) is 9.90 Å². The molecule has 0 saturated carbocycles. The van der Waals surface area contributed by atoms with Gasteiger partial charge >= 0.3 is 0 Å². The number of amides is 1. The lowest BCUT2D eigenvalue weighted by Gasteiger charge is -2.17. The Morgan fingerprint density at radius 2 is 2.09 bits per heavy atom. The number of nitrogens with one attached hydrogen (secondary N) is 1. The summed E-state index contributed by atoms with van der Waals surface area (Å²) in [6.07, 6.45) is 4.48. The first-order chi connectivity index (χ1) is 10.6. The number of hydrogen-bond donors (Lipinski definition) is 2. The van der Waals surface area contributed by atoms with Crippen molar-refractivity contribution in [2.75, 3.05) is 18.5 Å². The van der Waals surface area contributed by atoms with Crippen molar-refractivity contribution in [2.24, 2.45) is 5.10 Å². The van der Waals surface area contributed by atoms with Crippen LogP contribution < -0.4 is 10.3 Å². The molecule has 0 bridgehead atoms. The van der Waals surface area contributed by atoms with E-state index in [4.69, 9.17) is 0 Å². The third kappa shape index (κ3) is 3.82. The van der Waals surface area contributed by atoms with Gasteiger partial charge in [-0.1, -0.05) is 0 Å². The van der Waals surface area contributed by atoms with Crippen LogP contribution in [-0.4, -0.2) is 35.8 Å². The Morgan fingerprint density at radius 3 is 2.73 bits per heavy atom. The summed E-state index contributed by atoms with van der Waals surface area (Å²) in [7, 11) is 1.94. The predicted molar refractivity (Wildman–Crippen MR) is 86.3 cm³/mol. The number of carbonyl (C=O) groups is 1. The predicted octanol–water partition coefficient (Wildman–Crippen LogP) is 2.01. The number of hydrazone groups is 1. The first-order valence-corrected chi connectivity index (χ1v) is 6.89. The van der Waals surface area contributed by atoms with Gasteiger partial charge in [-0.2, -0.15) is 5.10 Å². The molecule has 2 N–H and O–H groups in total. The summed E-state index contributed by atoms with van der Waals surface area (Å²) in [4.78, 5) is 17.6. The van der Waals surface area contributed by atoms with E-state index in [1.807, 2.05) is 24.9 Å². The molecule has 0 aliphatic carbocycles. The van der Waals surface area contributed by atoms with E-state index in [0.29, 0.717) is 11.1 Å². The Labute approximate surface area is 129 Å². The lowest BCUT2D eigenvalue weighted by Crippen LogP contribution is -2.17. The van der Waals surface area contributed by atoms with Crippen molar-refractivity contribution < 1.29 is 9.90 Å². The molecule has 0 aliphatic rings. The Balaban J connectivity index is 2.03. The SMILES string of the molecule is CCN(C)c1ccc(/C=N/NC(=O)c2ccncc2)c(O)c1. The van der Waals surface area contributed by atoms with Crippen LogP contribution in [-0.2, 0) is 0 Å². The van der Waals surface area contributed by atoms with E-state index < -0.39 is 0 Å². The number of hydrogen-bond acceptors (Lipinski definition) is 5. The highest BCUT2D eigenvalue weighted by Crippen LogP contribution is 2.22. The molecule has 1 aromatic heterocycles. The summed E-state index contributed by atoms with van der Waals surface area (Å²) in [6, 6.07) is 8.49. The molecule has 114 valence electrons. The summed E-state index contributed by atoms with van der Waals surface area (Å²) in [5.74, 6) is -0.222. The molecule has 2 aromatic rings. The Morgan fingerprint density at radius 1 is 1.36 bits per heavy atom. The van der Waals surface area contributed by atoms with E-state index >= 15 is 0 Å². The van der Waals surface area contributed by atoms with Gasteiger partial charge in [-0.25, -0.2) is 5.43 Å². The summed E-state index contributed by atoms with van der Waals surface area (Å²) in [5, 5.41) is 13.8. The number of aromatic nitrogens is 1. The Kier molecular flexibility index (Phi) is 5.08. The second kappa shape index (κ2) is 7.21. The standard InChI is InChI=1S/C16H18N4O2/c1-3-20(2)14-5-4-13(15(21)10-14)11-18-19-16(22)12-6-8-17-9-7-12/h4-11,21H,3H2,1-2H3,(H,19,22)/b18-11+. The van der Waals surface area contributed by atoms with Gasteiger partial charge in [-0.3, -0.25) is 9.78 Å². The van der Waals surface area contributed by atoms with E-state index in [1.54, 1.807) is 24.3 Å². The average Bonchev–Trinajstić information content (AvgIpc) is 2.56. The number of anilines is 1. The number of pyridine rings is 1. The summed E-state index contributed by atoms with van der Waals surface area (Å²) < 4.78 is 0. The van der Waals surface area contributed by atoms with Gasteiger partial charge in [0, 0.05) is 48.9 Å². The number of aromatic hydroxyl groups is 1. The molecule has 6 heteroatoms. The number of nitrogens with zero attached hydrogens (tertiary/aromatic N) is 3. The fraction of sp³-hybridized carbons (Fsp3) is 0.188. The highest BCUT2D eigenvalue weighted by molar-refractivity contribution is 5.95. The minimum absolute atomic E-state index is 0.111. The molecule has 2 rings (SSSR count). The molecule has 0 radical (unpaired) electrons. The van der Waals surface area contributed by atoms with Gasteiger partial charge in [-0.15, -0.1) is 0 Å². The highest BCUT2D eigenvalue weighted by Gasteiger charge is 2.05. The van der Waals surface area contributed by atoms with E-state index in [2.05, 4.69) is 15.5 Å². The number of phenolic OH excluding ortho intramolecular Hbond substituents is 1. The molecule has 0 aliphatic heterocycles. The number of phenols is 1. The largest absolute Gasteiger partial charge is 0.507 e. The van der Waals surface area contributed by atoms with Crippen LogP contribution in [0.3, 0.4) is 0 Å². The molecule has 0 unspecified atom stereocenters. The second-order valence-electron chi connectivity index (χ2n) is 4.69. The van der Waals surface area contributed by atoms with E-state index in [1.165, 1.54) is 18.6 Å². The molecule has 0 fully saturated rings. The molecule has 1 aromatic carbocycles. The molecule has 0 spiro atoms. The molecule has 1 amide bonds. The molecular formula is C16H18N4O2. The van der Waals surface area contributed by atoms with Crippen molar-refractivity contribution in [2.45, 2.75) is 6.92 Å². The highest BCUT2D eigenvalue weighted by atomic mass is 16.3.